The largest absolute Gasteiger partial charge is 0.634 e. The van der Waals surface area contributed by atoms with Crippen molar-refractivity contribution < 1.29 is 14.7 Å². The molecular formula is C67H81BN4O3. The van der Waals surface area contributed by atoms with Crippen molar-refractivity contribution in [1.29, 1.82) is 0 Å². The molecule has 7 aromatic rings. The van der Waals surface area contributed by atoms with Crippen LogP contribution in [0.25, 0.3) is 5.57 Å². The summed E-state index contributed by atoms with van der Waals surface area (Å²) in [5, 5.41) is 22.6. The van der Waals surface area contributed by atoms with E-state index in [1.54, 1.807) is 0 Å². The Bertz CT molecular complexity index is 2590. The van der Waals surface area contributed by atoms with Crippen LogP contribution in [0.3, 0.4) is 0 Å². The molecule has 0 radical (unpaired) electrons. The van der Waals surface area contributed by atoms with Gasteiger partial charge >= 0.3 is 7.32 Å². The summed E-state index contributed by atoms with van der Waals surface area (Å²) < 4.78 is 6.72. The molecule has 1 atom stereocenters. The molecule has 0 aliphatic rings. The first-order valence-corrected chi connectivity index (χ1v) is 27.6. The van der Waals surface area contributed by atoms with Gasteiger partial charge in [-0.15, -0.1) is 0 Å². The van der Waals surface area contributed by atoms with Crippen molar-refractivity contribution in [3.8, 4) is 0 Å². The molecule has 75 heavy (non-hydrogen) atoms. The fourth-order valence-corrected chi connectivity index (χ4v) is 11.4. The minimum atomic E-state index is -2.06. The van der Waals surface area contributed by atoms with E-state index in [9.17, 15) is 10.0 Å². The highest BCUT2D eigenvalue weighted by atomic mass is 16.6. The summed E-state index contributed by atoms with van der Waals surface area (Å²) in [6, 6.07) is 67.8. The predicted molar refractivity (Wildman–Crippen MR) is 321 cm³/mol. The topological polar surface area (TPSA) is 62.7 Å². The quantitative estimate of drug-likeness (QED) is 0.0302. The first-order chi connectivity index (χ1) is 36.6. The Morgan fingerprint density at radius 1 is 0.427 bits per heavy atom. The molecule has 0 aromatic heterocycles. The summed E-state index contributed by atoms with van der Waals surface area (Å²) >= 11 is 0. The van der Waals surface area contributed by atoms with E-state index in [-0.39, 0.29) is 0 Å². The lowest BCUT2D eigenvalue weighted by molar-refractivity contribution is 0.0742. The number of rotatable bonds is 27. The van der Waals surface area contributed by atoms with Crippen LogP contribution in [0, 0.1) is 0 Å². The summed E-state index contributed by atoms with van der Waals surface area (Å²) in [7, 11) is -2.06. The van der Waals surface area contributed by atoms with Crippen LogP contribution >= 0.6 is 0 Å². The smallest absolute Gasteiger partial charge is 0.402 e. The van der Waals surface area contributed by atoms with E-state index >= 15 is 0 Å². The Labute approximate surface area is 450 Å². The zero-order valence-corrected chi connectivity index (χ0v) is 45.9. The van der Waals surface area contributed by atoms with Gasteiger partial charge in [-0.2, -0.15) is 0 Å². The van der Waals surface area contributed by atoms with Gasteiger partial charge in [0, 0.05) is 80.5 Å². The van der Waals surface area contributed by atoms with Crippen molar-refractivity contribution in [3.05, 3.63) is 245 Å². The van der Waals surface area contributed by atoms with Gasteiger partial charge in [0.2, 0.25) is 0 Å². The van der Waals surface area contributed by atoms with Gasteiger partial charge in [0.25, 0.3) is 0 Å². The lowest BCUT2D eigenvalue weighted by Crippen LogP contribution is -2.45. The Balaban J connectivity index is 1.52. The Morgan fingerprint density at radius 2 is 0.733 bits per heavy atom. The molecular weight excluding hydrogens is 920 g/mol. The molecule has 7 rings (SSSR count). The minimum Gasteiger partial charge on any atom is -0.402 e. The lowest BCUT2D eigenvalue weighted by atomic mass is 9.63. The van der Waals surface area contributed by atoms with Gasteiger partial charge in [0.15, 0.2) is 0 Å². The molecule has 0 bridgehead atoms. The van der Waals surface area contributed by atoms with Crippen LogP contribution in [0.1, 0.15) is 107 Å². The molecule has 0 amide bonds. The maximum absolute atomic E-state index is 11.3. The van der Waals surface area contributed by atoms with Crippen molar-refractivity contribution in [2.75, 3.05) is 72.0 Å². The van der Waals surface area contributed by atoms with Gasteiger partial charge in [-0.05, 0) is 161 Å². The average Bonchev–Trinajstić information content (AvgIpc) is 3.46. The third kappa shape index (κ3) is 12.6. The van der Waals surface area contributed by atoms with Crippen molar-refractivity contribution in [1.82, 2.24) is 0 Å². The highest BCUT2D eigenvalue weighted by Crippen LogP contribution is 2.48. The number of hydrogen-bond acceptors (Lipinski definition) is 7. The highest BCUT2D eigenvalue weighted by molar-refractivity contribution is 6.32. The Morgan fingerprint density at radius 3 is 1.03 bits per heavy atom. The second-order valence-corrected chi connectivity index (χ2v) is 19.2. The molecule has 0 heterocycles. The molecule has 0 aliphatic heterocycles. The molecule has 390 valence electrons. The van der Waals surface area contributed by atoms with Crippen LogP contribution in [0.5, 0.6) is 0 Å². The SMILES string of the molecule is CCN(CC)c1ccc(C(=CC=CC(c2ccc(N(CC)CC)cc2)(c2ccc(N(CC)CC)cc2)C(CCC(c2ccccc2)(c2ccccc2)c2ccccc2)OB(O)O)c2ccc(N(CC)CC)cc2)cc1. The van der Waals surface area contributed by atoms with Gasteiger partial charge in [-0.3, -0.25) is 0 Å². The summed E-state index contributed by atoms with van der Waals surface area (Å²) in [5.74, 6) is 0. The Kier molecular flexibility index (Phi) is 20.2. The van der Waals surface area contributed by atoms with Crippen molar-refractivity contribution in [2.45, 2.75) is 85.2 Å². The first-order valence-electron chi connectivity index (χ1n) is 27.6. The maximum Gasteiger partial charge on any atom is 0.634 e. The van der Waals surface area contributed by atoms with Crippen molar-refractivity contribution >= 4 is 35.6 Å². The molecule has 0 saturated heterocycles. The fourth-order valence-electron chi connectivity index (χ4n) is 11.4. The minimum absolute atomic E-state index is 0.423. The molecule has 0 saturated carbocycles. The lowest BCUT2D eigenvalue weighted by Gasteiger charge is -2.43. The van der Waals surface area contributed by atoms with Gasteiger partial charge in [0.1, 0.15) is 0 Å². The molecule has 7 nitrogen and oxygen atoms in total. The zero-order chi connectivity index (χ0) is 53.2. The van der Waals surface area contributed by atoms with E-state index in [2.05, 4.69) is 281 Å². The number of anilines is 4. The number of allylic oxidation sites excluding steroid dienone is 2. The second-order valence-electron chi connectivity index (χ2n) is 19.2. The van der Waals surface area contributed by atoms with E-state index in [1.165, 1.54) is 11.4 Å². The van der Waals surface area contributed by atoms with E-state index in [0.29, 0.717) is 12.8 Å². The third-order valence-electron chi connectivity index (χ3n) is 15.6. The van der Waals surface area contributed by atoms with Gasteiger partial charge < -0.3 is 34.3 Å². The van der Waals surface area contributed by atoms with Crippen molar-refractivity contribution in [2.24, 2.45) is 0 Å². The third-order valence-corrected chi connectivity index (χ3v) is 15.6. The highest BCUT2D eigenvalue weighted by Gasteiger charge is 2.45. The Hall–Kier alpha value is -6.84. The van der Waals surface area contributed by atoms with Crippen LogP contribution in [-0.4, -0.2) is 75.8 Å². The average molecular weight is 1000 g/mol. The standard InChI is InChI=1S/C67H81BN4O3/c1-9-69(10-2)60-42-34-53(35-43-60)64(54-36-44-61(45-37-54)70(11-3)12-4)33-26-51-67(58-38-46-62(47-39-58)71(13-5)14-6,59-40-48-63(49-41-59)72(15-7)16-8)65(75-68(73)74)50-52-66(55-27-20-17-21-28-55,56-29-22-18-23-30-56)57-31-24-19-25-32-57/h17-49,51,65,73-74H,9-16,50,52H2,1-8H3. The van der Waals surface area contributed by atoms with Gasteiger partial charge in [-0.25, -0.2) is 0 Å². The number of hydrogen-bond donors (Lipinski definition) is 2. The normalized spacial score (nSPS) is 12.1. The van der Waals surface area contributed by atoms with E-state index < -0.39 is 24.3 Å². The maximum atomic E-state index is 11.3. The van der Waals surface area contributed by atoms with Crippen LogP contribution in [0.2, 0.25) is 0 Å². The summed E-state index contributed by atoms with van der Waals surface area (Å²) in [5.41, 5.74) is 11.6. The molecule has 0 spiro atoms. The monoisotopic (exact) mass is 1000 g/mol. The van der Waals surface area contributed by atoms with E-state index in [0.717, 1.165) is 108 Å². The fraction of sp³-hybridized carbons (Fsp3) is 0.313. The molecule has 0 fully saturated rings. The van der Waals surface area contributed by atoms with Crippen LogP contribution < -0.4 is 19.6 Å². The molecule has 2 N–H and O–H groups in total. The molecule has 7 aromatic carbocycles. The first kappa shape index (κ1) is 55.9. The number of benzene rings is 7. The van der Waals surface area contributed by atoms with Gasteiger partial charge in [-0.1, -0.05) is 158 Å². The second kappa shape index (κ2) is 27.1. The molecule has 8 heteroatoms. The molecule has 0 aliphatic carbocycles. The summed E-state index contributed by atoms with van der Waals surface area (Å²) in [4.78, 5) is 9.45. The number of nitrogens with zero attached hydrogens (tertiary/aromatic N) is 4. The van der Waals surface area contributed by atoms with Crippen LogP contribution in [0.4, 0.5) is 22.7 Å². The van der Waals surface area contributed by atoms with E-state index in [4.69, 9.17) is 4.65 Å². The predicted octanol–water partition coefficient (Wildman–Crippen LogP) is 14.2. The van der Waals surface area contributed by atoms with Crippen LogP contribution in [-0.2, 0) is 15.5 Å². The van der Waals surface area contributed by atoms with Gasteiger partial charge in [0.05, 0.1) is 11.5 Å². The van der Waals surface area contributed by atoms with Crippen LogP contribution in [0.15, 0.2) is 206 Å². The zero-order valence-electron chi connectivity index (χ0n) is 45.9. The van der Waals surface area contributed by atoms with Crippen molar-refractivity contribution in [3.63, 3.8) is 0 Å². The molecule has 1 unspecified atom stereocenters. The van der Waals surface area contributed by atoms with E-state index in [1.807, 2.05) is 0 Å². The summed E-state index contributed by atoms with van der Waals surface area (Å²) in [6.45, 7) is 24.7. The summed E-state index contributed by atoms with van der Waals surface area (Å²) in [6.07, 6.45) is 6.88.